The van der Waals surface area contributed by atoms with Gasteiger partial charge in [-0.05, 0) is 25.7 Å². The first kappa shape index (κ1) is 14.8. The molecule has 18 heavy (non-hydrogen) atoms. The third-order valence-corrected chi connectivity index (χ3v) is 3.65. The predicted molar refractivity (Wildman–Crippen MR) is 66.3 cm³/mol. The molecule has 6 heteroatoms. The number of hydrogen-bond acceptors (Lipinski definition) is 3. The van der Waals surface area contributed by atoms with Gasteiger partial charge < -0.3 is 20.4 Å². The van der Waals surface area contributed by atoms with Crippen molar-refractivity contribution >= 4 is 12.0 Å². The Hall–Kier alpha value is -1.30. The number of carboxylic acid groups (broad SMARTS) is 1. The molecule has 104 valence electrons. The Kier molecular flexibility index (Phi) is 4.95. The fourth-order valence-electron chi connectivity index (χ4n) is 2.21. The molecule has 0 radical (unpaired) electrons. The Bertz CT molecular complexity index is 315. The van der Waals surface area contributed by atoms with Crippen LogP contribution in [0.4, 0.5) is 4.79 Å². The number of aliphatic hydroxyl groups excluding tert-OH is 1. The standard InChI is InChI=1S/C12H22N2O4/c1-3-12(4-2,10(16)17)13-11(18)14-7-5-6-9(15)8-14/h9,15H,3-8H2,1-2H3,(H,13,18)(H,16,17). The number of β-amino-alcohol motifs (C(OH)–C–C–N with tert-alkyl or cyclic N) is 1. The number of amides is 2. The summed E-state index contributed by atoms with van der Waals surface area (Å²) in [5.74, 6) is -1.02. The number of rotatable bonds is 4. The number of nitrogens with one attached hydrogen (secondary N) is 1. The van der Waals surface area contributed by atoms with Gasteiger partial charge in [0.15, 0.2) is 0 Å². The van der Waals surface area contributed by atoms with Gasteiger partial charge in [-0.15, -0.1) is 0 Å². The largest absolute Gasteiger partial charge is 0.480 e. The van der Waals surface area contributed by atoms with E-state index in [1.54, 1.807) is 13.8 Å². The van der Waals surface area contributed by atoms with Crippen molar-refractivity contribution in [3.8, 4) is 0 Å². The number of aliphatic hydroxyl groups is 1. The minimum atomic E-state index is -1.21. The molecule has 0 aliphatic carbocycles. The van der Waals surface area contributed by atoms with Crippen molar-refractivity contribution in [2.24, 2.45) is 0 Å². The average molecular weight is 258 g/mol. The summed E-state index contributed by atoms with van der Waals surface area (Å²) >= 11 is 0. The molecule has 3 N–H and O–H groups in total. The highest BCUT2D eigenvalue weighted by Crippen LogP contribution is 2.17. The van der Waals surface area contributed by atoms with Crippen LogP contribution in [0.25, 0.3) is 0 Å². The Morgan fingerprint density at radius 2 is 2.00 bits per heavy atom. The summed E-state index contributed by atoms with van der Waals surface area (Å²) < 4.78 is 0. The third-order valence-electron chi connectivity index (χ3n) is 3.65. The van der Waals surface area contributed by atoms with Crippen LogP contribution in [0.5, 0.6) is 0 Å². The van der Waals surface area contributed by atoms with Crippen LogP contribution in [0, 0.1) is 0 Å². The van der Waals surface area contributed by atoms with Crippen LogP contribution in [0.2, 0.25) is 0 Å². The monoisotopic (exact) mass is 258 g/mol. The summed E-state index contributed by atoms with van der Waals surface area (Å²) in [5.41, 5.74) is -1.21. The first-order valence-electron chi connectivity index (χ1n) is 6.43. The molecule has 0 aromatic heterocycles. The molecule has 1 saturated heterocycles. The number of hydrogen-bond donors (Lipinski definition) is 3. The summed E-state index contributed by atoms with van der Waals surface area (Å²) in [7, 11) is 0. The lowest BCUT2D eigenvalue weighted by molar-refractivity contribution is -0.144. The van der Waals surface area contributed by atoms with E-state index in [4.69, 9.17) is 0 Å². The van der Waals surface area contributed by atoms with Gasteiger partial charge in [0.05, 0.1) is 6.10 Å². The van der Waals surface area contributed by atoms with Crippen LogP contribution < -0.4 is 5.32 Å². The molecule has 1 rings (SSSR count). The fourth-order valence-corrected chi connectivity index (χ4v) is 2.21. The number of carboxylic acids is 1. The fraction of sp³-hybridized carbons (Fsp3) is 0.833. The first-order valence-corrected chi connectivity index (χ1v) is 6.43. The minimum absolute atomic E-state index is 0.273. The van der Waals surface area contributed by atoms with Crippen molar-refractivity contribution in [1.29, 1.82) is 0 Å². The van der Waals surface area contributed by atoms with Crippen molar-refractivity contribution in [1.82, 2.24) is 10.2 Å². The molecule has 2 amide bonds. The molecule has 1 atom stereocenters. The number of likely N-dealkylation sites (tertiary alicyclic amines) is 1. The second kappa shape index (κ2) is 6.04. The number of carbonyl (C=O) groups is 2. The van der Waals surface area contributed by atoms with E-state index in [9.17, 15) is 19.8 Å². The van der Waals surface area contributed by atoms with Gasteiger partial charge in [-0.25, -0.2) is 9.59 Å². The quantitative estimate of drug-likeness (QED) is 0.695. The van der Waals surface area contributed by atoms with Crippen molar-refractivity contribution in [3.63, 3.8) is 0 Å². The maximum atomic E-state index is 12.0. The molecule has 1 aliphatic rings. The van der Waals surface area contributed by atoms with Gasteiger partial charge in [0.2, 0.25) is 0 Å². The molecule has 6 nitrogen and oxygen atoms in total. The number of piperidine rings is 1. The molecule has 0 aromatic rings. The van der Waals surface area contributed by atoms with Crippen LogP contribution in [0.3, 0.4) is 0 Å². The van der Waals surface area contributed by atoms with E-state index in [2.05, 4.69) is 5.32 Å². The molecular formula is C12H22N2O4. The lowest BCUT2D eigenvalue weighted by atomic mass is 9.93. The smallest absolute Gasteiger partial charge is 0.329 e. The Labute approximate surface area is 107 Å². The lowest BCUT2D eigenvalue weighted by Crippen LogP contribution is -2.58. The number of carbonyl (C=O) groups excluding carboxylic acids is 1. The Balaban J connectivity index is 2.69. The summed E-state index contributed by atoms with van der Waals surface area (Å²) in [6.45, 7) is 4.31. The van der Waals surface area contributed by atoms with E-state index in [1.165, 1.54) is 4.90 Å². The van der Waals surface area contributed by atoms with Gasteiger partial charge in [0.1, 0.15) is 5.54 Å². The SMILES string of the molecule is CCC(CC)(NC(=O)N1CCCC(O)C1)C(=O)O. The summed E-state index contributed by atoms with van der Waals surface area (Å²) in [6, 6.07) is -0.403. The predicted octanol–water partition coefficient (Wildman–Crippen LogP) is 0.796. The number of aliphatic carboxylic acids is 1. The van der Waals surface area contributed by atoms with Crippen molar-refractivity contribution in [2.75, 3.05) is 13.1 Å². The Morgan fingerprint density at radius 3 is 2.44 bits per heavy atom. The summed E-state index contributed by atoms with van der Waals surface area (Å²) in [4.78, 5) is 24.8. The van der Waals surface area contributed by atoms with Gasteiger partial charge >= 0.3 is 12.0 Å². The normalized spacial score (nSPS) is 20.6. The van der Waals surface area contributed by atoms with Crippen LogP contribution in [-0.2, 0) is 4.79 Å². The second-order valence-corrected chi connectivity index (χ2v) is 4.77. The van der Waals surface area contributed by atoms with E-state index in [0.29, 0.717) is 25.8 Å². The first-order chi connectivity index (χ1) is 8.45. The zero-order valence-electron chi connectivity index (χ0n) is 11.0. The summed E-state index contributed by atoms with van der Waals surface area (Å²) in [5, 5.41) is 21.3. The molecule has 0 spiro atoms. The highest BCUT2D eigenvalue weighted by molar-refractivity contribution is 5.86. The van der Waals surface area contributed by atoms with E-state index in [-0.39, 0.29) is 6.54 Å². The van der Waals surface area contributed by atoms with Crippen molar-refractivity contribution in [2.45, 2.75) is 51.2 Å². The van der Waals surface area contributed by atoms with Gasteiger partial charge in [-0.1, -0.05) is 13.8 Å². The van der Waals surface area contributed by atoms with E-state index < -0.39 is 23.6 Å². The zero-order chi connectivity index (χ0) is 13.8. The third kappa shape index (κ3) is 3.13. The van der Waals surface area contributed by atoms with Crippen molar-refractivity contribution < 1.29 is 19.8 Å². The topological polar surface area (TPSA) is 89.9 Å². The maximum absolute atomic E-state index is 12.0. The second-order valence-electron chi connectivity index (χ2n) is 4.77. The lowest BCUT2D eigenvalue weighted by Gasteiger charge is -2.35. The molecule has 1 unspecified atom stereocenters. The molecule has 1 heterocycles. The average Bonchev–Trinajstić information content (AvgIpc) is 2.35. The van der Waals surface area contributed by atoms with Gasteiger partial charge in [-0.2, -0.15) is 0 Å². The van der Waals surface area contributed by atoms with Gasteiger partial charge in [0, 0.05) is 13.1 Å². The van der Waals surface area contributed by atoms with E-state index in [1.807, 2.05) is 0 Å². The van der Waals surface area contributed by atoms with Crippen molar-refractivity contribution in [3.05, 3.63) is 0 Å². The Morgan fingerprint density at radius 1 is 1.39 bits per heavy atom. The zero-order valence-corrected chi connectivity index (χ0v) is 11.0. The maximum Gasteiger partial charge on any atom is 0.329 e. The highest BCUT2D eigenvalue weighted by Gasteiger charge is 2.38. The number of nitrogens with zero attached hydrogens (tertiary/aromatic N) is 1. The molecule has 0 bridgehead atoms. The van der Waals surface area contributed by atoms with Gasteiger partial charge in [-0.3, -0.25) is 0 Å². The minimum Gasteiger partial charge on any atom is -0.480 e. The molecule has 1 fully saturated rings. The molecule has 1 aliphatic heterocycles. The van der Waals surface area contributed by atoms with Crippen LogP contribution in [0.1, 0.15) is 39.5 Å². The summed E-state index contributed by atoms with van der Waals surface area (Å²) in [6.07, 6.45) is 1.59. The highest BCUT2D eigenvalue weighted by atomic mass is 16.4. The van der Waals surface area contributed by atoms with E-state index in [0.717, 1.165) is 6.42 Å². The molecule has 0 aromatic carbocycles. The van der Waals surface area contributed by atoms with Gasteiger partial charge in [0.25, 0.3) is 0 Å². The van der Waals surface area contributed by atoms with Crippen LogP contribution in [-0.4, -0.2) is 51.8 Å². The molecule has 0 saturated carbocycles. The van der Waals surface area contributed by atoms with Crippen LogP contribution >= 0.6 is 0 Å². The number of urea groups is 1. The van der Waals surface area contributed by atoms with E-state index >= 15 is 0 Å². The van der Waals surface area contributed by atoms with Crippen LogP contribution in [0.15, 0.2) is 0 Å². The molecular weight excluding hydrogens is 236 g/mol.